The van der Waals surface area contributed by atoms with Crippen LogP contribution in [0.2, 0.25) is 0 Å². The molecule has 0 aliphatic heterocycles. The van der Waals surface area contributed by atoms with Crippen LogP contribution in [-0.4, -0.2) is 40.3 Å². The average molecular weight is 148 g/mol. The molecule has 0 aromatic rings. The Labute approximate surface area is 66.3 Å². The van der Waals surface area contributed by atoms with Crippen molar-refractivity contribution in [1.29, 1.82) is 0 Å². The van der Waals surface area contributed by atoms with Crippen LogP contribution >= 0.6 is 7.37 Å². The molecule has 0 aliphatic carbocycles. The first-order valence-corrected chi connectivity index (χ1v) is 4.46. The third-order valence-corrected chi connectivity index (χ3v) is 2.96. The van der Waals surface area contributed by atoms with Crippen LogP contribution in [0.15, 0.2) is 0 Å². The van der Waals surface area contributed by atoms with Crippen LogP contribution in [0.4, 0.5) is 0 Å². The van der Waals surface area contributed by atoms with Crippen molar-refractivity contribution in [2.45, 2.75) is 13.8 Å². The minimum atomic E-state index is -2.65. The molecule has 0 aromatic carbocycles. The van der Waals surface area contributed by atoms with Crippen molar-refractivity contribution in [3.63, 3.8) is 0 Å². The maximum absolute atomic E-state index is 10.5. The lowest BCUT2D eigenvalue weighted by Gasteiger charge is -2.01. The third-order valence-electron chi connectivity index (χ3n) is 0.988. The molecule has 0 unspecified atom stereocenters. The molecule has 48 valence electrons. The first-order chi connectivity index (χ1) is 3.12. The van der Waals surface area contributed by atoms with Gasteiger partial charge in [0.15, 0.2) is 7.37 Å². The Bertz CT molecular complexity index is 86.0. The molecule has 1 N–H and O–H groups in total. The Balaban J connectivity index is 0. The number of hydrogen-bond acceptors (Lipinski definition) is 1. The predicted octanol–water partition coefficient (Wildman–Crippen LogP) is 0.380. The van der Waals surface area contributed by atoms with E-state index in [1.165, 1.54) is 0 Å². The molecule has 0 bridgehead atoms. The molecule has 0 heterocycles. The fourth-order valence-electron chi connectivity index (χ4n) is 0.224. The molecule has 0 spiro atoms. The lowest BCUT2D eigenvalue weighted by atomic mass is 11.0. The van der Waals surface area contributed by atoms with Gasteiger partial charge >= 0.3 is 23.1 Å². The second-order valence-corrected chi connectivity index (χ2v) is 4.44. The summed E-state index contributed by atoms with van der Waals surface area (Å²) in [5, 5.41) is 0. The first kappa shape index (κ1) is 11.7. The summed E-state index contributed by atoms with van der Waals surface area (Å²) < 4.78 is 10.5. The van der Waals surface area contributed by atoms with Crippen LogP contribution in [0.25, 0.3) is 0 Å². The van der Waals surface area contributed by atoms with Crippen LogP contribution < -0.4 is 0 Å². The molecule has 0 saturated carbocycles. The lowest BCUT2D eigenvalue weighted by Crippen LogP contribution is -1.84. The highest BCUT2D eigenvalue weighted by atomic mass is 31.2. The molecule has 0 saturated heterocycles. The van der Waals surface area contributed by atoms with Crippen molar-refractivity contribution >= 4 is 30.4 Å². The first-order valence-electron chi connectivity index (χ1n) is 2.43. The zero-order valence-electron chi connectivity index (χ0n) is 4.72. The maximum Gasteiger partial charge on any atom is 0.316 e. The normalized spacial score (nSPS) is 10.4. The molecule has 0 atom stereocenters. The van der Waals surface area contributed by atoms with Crippen molar-refractivity contribution in [2.24, 2.45) is 0 Å². The zero-order valence-corrected chi connectivity index (χ0v) is 5.61. The van der Waals surface area contributed by atoms with E-state index in [9.17, 15) is 4.57 Å². The lowest BCUT2D eigenvalue weighted by molar-refractivity contribution is 0.481. The average Bonchev–Trinajstić information content (AvgIpc) is 1.68. The Morgan fingerprint density at radius 2 is 1.62 bits per heavy atom. The van der Waals surface area contributed by atoms with Gasteiger partial charge in [0, 0.05) is 12.3 Å². The van der Waals surface area contributed by atoms with Crippen LogP contribution in [0.5, 0.6) is 0 Å². The highest BCUT2D eigenvalue weighted by Crippen LogP contribution is 2.38. The highest BCUT2D eigenvalue weighted by molar-refractivity contribution is 7.57. The van der Waals surface area contributed by atoms with Crippen LogP contribution in [0.3, 0.4) is 0 Å². The molecule has 0 aromatic heterocycles. The van der Waals surface area contributed by atoms with Gasteiger partial charge in [-0.15, -0.1) is 0 Å². The topological polar surface area (TPSA) is 37.3 Å². The van der Waals surface area contributed by atoms with E-state index in [0.29, 0.717) is 12.3 Å². The van der Waals surface area contributed by atoms with Gasteiger partial charge < -0.3 is 4.89 Å². The van der Waals surface area contributed by atoms with Gasteiger partial charge in [-0.3, -0.25) is 4.57 Å². The van der Waals surface area contributed by atoms with Crippen molar-refractivity contribution in [1.82, 2.24) is 0 Å². The van der Waals surface area contributed by atoms with Gasteiger partial charge in [0.1, 0.15) is 0 Å². The standard InChI is InChI=1S/C4H11O2P.Mg.2H/c1-3-7(5,6)4-2;;;/h3-4H2,1-2H3,(H,5,6);;;. The summed E-state index contributed by atoms with van der Waals surface area (Å²) >= 11 is 0. The molecular weight excluding hydrogens is 135 g/mol. The molecule has 0 radical (unpaired) electrons. The van der Waals surface area contributed by atoms with Crippen molar-refractivity contribution in [3.8, 4) is 0 Å². The van der Waals surface area contributed by atoms with Crippen LogP contribution in [-0.2, 0) is 4.57 Å². The highest BCUT2D eigenvalue weighted by Gasteiger charge is 2.08. The minimum absolute atomic E-state index is 0. The fourth-order valence-corrected chi connectivity index (χ4v) is 0.671. The fraction of sp³-hybridized carbons (Fsp3) is 1.00. The molecule has 0 aliphatic rings. The zero-order chi connectivity index (χ0) is 5.91. The second-order valence-electron chi connectivity index (χ2n) is 1.48. The van der Waals surface area contributed by atoms with Gasteiger partial charge in [-0.1, -0.05) is 13.8 Å². The van der Waals surface area contributed by atoms with Crippen LogP contribution in [0, 0.1) is 0 Å². The van der Waals surface area contributed by atoms with E-state index in [-0.39, 0.29) is 23.1 Å². The van der Waals surface area contributed by atoms with Gasteiger partial charge in [0.2, 0.25) is 0 Å². The third kappa shape index (κ3) is 5.10. The van der Waals surface area contributed by atoms with E-state index in [1.54, 1.807) is 13.8 Å². The van der Waals surface area contributed by atoms with Gasteiger partial charge in [-0.05, 0) is 0 Å². The summed E-state index contributed by atoms with van der Waals surface area (Å²) in [4.78, 5) is 8.69. The van der Waals surface area contributed by atoms with Crippen molar-refractivity contribution in [2.75, 3.05) is 12.3 Å². The maximum atomic E-state index is 10.5. The van der Waals surface area contributed by atoms with Gasteiger partial charge in [0.25, 0.3) is 0 Å². The van der Waals surface area contributed by atoms with E-state index in [4.69, 9.17) is 4.89 Å². The number of hydrogen-bond donors (Lipinski definition) is 1. The Kier molecular flexibility index (Phi) is 7.03. The summed E-state index contributed by atoms with van der Waals surface area (Å²) in [5.74, 6) is 0. The van der Waals surface area contributed by atoms with Crippen molar-refractivity contribution in [3.05, 3.63) is 0 Å². The largest absolute Gasteiger partial charge is 0.344 e. The summed E-state index contributed by atoms with van der Waals surface area (Å²) in [5.41, 5.74) is 0. The van der Waals surface area contributed by atoms with Crippen LogP contribution in [0.1, 0.15) is 13.8 Å². The Morgan fingerprint density at radius 3 is 1.62 bits per heavy atom. The minimum Gasteiger partial charge on any atom is -0.344 e. The van der Waals surface area contributed by atoms with E-state index < -0.39 is 7.37 Å². The quantitative estimate of drug-likeness (QED) is 0.454. The second kappa shape index (κ2) is 4.80. The summed E-state index contributed by atoms with van der Waals surface area (Å²) in [6, 6.07) is 0. The molecule has 2 nitrogen and oxygen atoms in total. The van der Waals surface area contributed by atoms with Crippen molar-refractivity contribution < 1.29 is 9.46 Å². The molecule has 4 heteroatoms. The van der Waals surface area contributed by atoms with E-state index in [2.05, 4.69) is 0 Å². The predicted molar refractivity (Wildman–Crippen MR) is 39.5 cm³/mol. The SMILES string of the molecule is CCP(=O)(O)CC.[MgH2]. The number of rotatable bonds is 2. The summed E-state index contributed by atoms with van der Waals surface area (Å²) in [6.07, 6.45) is 0.812. The van der Waals surface area contributed by atoms with Gasteiger partial charge in [-0.2, -0.15) is 0 Å². The molecule has 0 amide bonds. The summed E-state index contributed by atoms with van der Waals surface area (Å²) in [7, 11) is -2.65. The van der Waals surface area contributed by atoms with Gasteiger partial charge in [0.05, 0.1) is 0 Å². The molecule has 8 heavy (non-hydrogen) atoms. The Hall–Kier alpha value is 0.956. The summed E-state index contributed by atoms with van der Waals surface area (Å²) in [6.45, 7) is 3.45. The Morgan fingerprint density at radius 1 is 1.38 bits per heavy atom. The monoisotopic (exact) mass is 148 g/mol. The van der Waals surface area contributed by atoms with E-state index in [0.717, 1.165) is 0 Å². The van der Waals surface area contributed by atoms with E-state index in [1.807, 2.05) is 0 Å². The molecular formula is C4H13MgO2P. The smallest absolute Gasteiger partial charge is 0.316 e. The van der Waals surface area contributed by atoms with Gasteiger partial charge in [-0.25, -0.2) is 0 Å². The molecule has 0 fully saturated rings. The van der Waals surface area contributed by atoms with E-state index >= 15 is 0 Å². The molecule has 0 rings (SSSR count).